The van der Waals surface area contributed by atoms with E-state index in [1.165, 1.54) is 4.88 Å². The molecule has 0 aromatic carbocycles. The Labute approximate surface area is 92.7 Å². The Hall–Kier alpha value is 0.300. The Morgan fingerprint density at radius 1 is 1.54 bits per heavy atom. The van der Waals surface area contributed by atoms with Gasteiger partial charge in [0, 0.05) is 16.7 Å². The number of thioether (sulfide) groups is 1. The normalized spacial score (nSPS) is 13.6. The highest BCUT2D eigenvalue weighted by Gasteiger charge is 2.09. The smallest absolute Gasteiger partial charge is 0.0931 e. The van der Waals surface area contributed by atoms with Gasteiger partial charge in [0.05, 0.1) is 4.34 Å². The van der Waals surface area contributed by atoms with Gasteiger partial charge in [-0.05, 0) is 17.4 Å². The summed E-state index contributed by atoms with van der Waals surface area (Å²) in [6.07, 6.45) is 0. The fraction of sp³-hybridized carbons (Fsp3) is 0.556. The summed E-state index contributed by atoms with van der Waals surface area (Å²) >= 11 is 9.28. The number of hydrogen-bond acceptors (Lipinski definition) is 3. The Morgan fingerprint density at radius 3 is 2.69 bits per heavy atom. The van der Waals surface area contributed by atoms with Crippen LogP contribution in [-0.4, -0.2) is 11.0 Å². The number of rotatable bonds is 4. The predicted octanol–water partition coefficient (Wildman–Crippen LogP) is 3.54. The molecule has 1 atom stereocenters. The quantitative estimate of drug-likeness (QED) is 0.864. The minimum atomic E-state index is 0.130. The molecule has 1 rings (SSSR count). The third-order valence-electron chi connectivity index (χ3n) is 1.57. The zero-order valence-electron chi connectivity index (χ0n) is 7.79. The summed E-state index contributed by atoms with van der Waals surface area (Å²) in [5, 5.41) is 0.640. The van der Waals surface area contributed by atoms with Crippen molar-refractivity contribution in [2.75, 3.05) is 5.75 Å². The lowest BCUT2D eigenvalue weighted by atomic mass is 10.3. The van der Waals surface area contributed by atoms with Crippen LogP contribution in [0.5, 0.6) is 0 Å². The molecule has 1 nitrogen and oxygen atoms in total. The molecule has 0 aliphatic carbocycles. The van der Waals surface area contributed by atoms with Crippen LogP contribution in [0.2, 0.25) is 4.34 Å². The molecule has 0 saturated heterocycles. The molecule has 0 amide bonds. The molecular formula is C9H14ClNS2. The number of nitrogens with two attached hydrogens (primary N) is 1. The van der Waals surface area contributed by atoms with E-state index >= 15 is 0 Å². The maximum Gasteiger partial charge on any atom is 0.0931 e. The van der Waals surface area contributed by atoms with E-state index in [-0.39, 0.29) is 6.04 Å². The molecule has 0 aliphatic heterocycles. The minimum absolute atomic E-state index is 0.130. The van der Waals surface area contributed by atoms with Gasteiger partial charge in [-0.25, -0.2) is 0 Å². The van der Waals surface area contributed by atoms with Gasteiger partial charge in [-0.2, -0.15) is 11.8 Å². The van der Waals surface area contributed by atoms with Crippen LogP contribution in [0.15, 0.2) is 12.1 Å². The Morgan fingerprint density at radius 2 is 2.23 bits per heavy atom. The van der Waals surface area contributed by atoms with E-state index in [0.29, 0.717) is 5.25 Å². The third-order valence-corrected chi connectivity index (χ3v) is 4.15. The summed E-state index contributed by atoms with van der Waals surface area (Å²) in [5.74, 6) is 0.967. The van der Waals surface area contributed by atoms with Gasteiger partial charge >= 0.3 is 0 Å². The van der Waals surface area contributed by atoms with Gasteiger partial charge in [-0.3, -0.25) is 0 Å². The second kappa shape index (κ2) is 5.25. The zero-order valence-corrected chi connectivity index (χ0v) is 10.2. The van der Waals surface area contributed by atoms with Crippen LogP contribution in [0.4, 0.5) is 0 Å². The van der Waals surface area contributed by atoms with E-state index in [1.54, 1.807) is 11.3 Å². The summed E-state index contributed by atoms with van der Waals surface area (Å²) < 4.78 is 0.819. The van der Waals surface area contributed by atoms with Crippen LogP contribution in [0.1, 0.15) is 24.8 Å². The van der Waals surface area contributed by atoms with Crippen molar-refractivity contribution in [2.45, 2.75) is 25.1 Å². The SMILES string of the molecule is CC(C)SCC(N)c1ccc(Cl)s1. The average Bonchev–Trinajstić information content (AvgIpc) is 2.47. The molecule has 13 heavy (non-hydrogen) atoms. The number of halogens is 1. The molecule has 0 aliphatic rings. The van der Waals surface area contributed by atoms with Crippen molar-refractivity contribution in [3.8, 4) is 0 Å². The van der Waals surface area contributed by atoms with Crippen LogP contribution in [0.25, 0.3) is 0 Å². The second-order valence-electron chi connectivity index (χ2n) is 3.13. The van der Waals surface area contributed by atoms with Gasteiger partial charge < -0.3 is 5.73 Å². The number of thiophene rings is 1. The van der Waals surface area contributed by atoms with Crippen molar-refractivity contribution < 1.29 is 0 Å². The summed E-state index contributed by atoms with van der Waals surface area (Å²) in [7, 11) is 0. The van der Waals surface area contributed by atoms with Crippen LogP contribution in [-0.2, 0) is 0 Å². The summed E-state index contributed by atoms with van der Waals surface area (Å²) in [4.78, 5) is 1.18. The van der Waals surface area contributed by atoms with Crippen LogP contribution >= 0.6 is 34.7 Å². The van der Waals surface area contributed by atoms with E-state index in [2.05, 4.69) is 13.8 Å². The van der Waals surface area contributed by atoms with Gasteiger partial charge in [0.1, 0.15) is 0 Å². The van der Waals surface area contributed by atoms with Crippen molar-refractivity contribution in [1.29, 1.82) is 0 Å². The highest BCUT2D eigenvalue weighted by molar-refractivity contribution is 7.99. The van der Waals surface area contributed by atoms with Crippen LogP contribution in [0.3, 0.4) is 0 Å². The Balaban J connectivity index is 2.44. The maximum absolute atomic E-state index is 5.99. The van der Waals surface area contributed by atoms with Gasteiger partial charge in [0.15, 0.2) is 0 Å². The topological polar surface area (TPSA) is 26.0 Å². The highest BCUT2D eigenvalue weighted by atomic mass is 35.5. The van der Waals surface area contributed by atoms with Gasteiger partial charge in [0.2, 0.25) is 0 Å². The standard InChI is InChI=1S/C9H14ClNS2/c1-6(2)12-5-7(11)8-3-4-9(10)13-8/h3-4,6-7H,5,11H2,1-2H3. The first-order valence-electron chi connectivity index (χ1n) is 4.22. The van der Waals surface area contributed by atoms with Crippen LogP contribution < -0.4 is 5.73 Å². The lowest BCUT2D eigenvalue weighted by Crippen LogP contribution is -2.12. The van der Waals surface area contributed by atoms with Crippen molar-refractivity contribution in [1.82, 2.24) is 0 Å². The van der Waals surface area contributed by atoms with Gasteiger partial charge in [-0.15, -0.1) is 11.3 Å². The average molecular weight is 236 g/mol. The lowest BCUT2D eigenvalue weighted by molar-refractivity contribution is 0.848. The number of hydrogen-bond donors (Lipinski definition) is 1. The first kappa shape index (κ1) is 11.4. The molecule has 1 heterocycles. The molecule has 0 spiro atoms. The molecule has 1 aromatic heterocycles. The fourth-order valence-corrected chi connectivity index (χ4v) is 2.85. The summed E-state index contributed by atoms with van der Waals surface area (Å²) in [6, 6.07) is 4.05. The van der Waals surface area contributed by atoms with Crippen molar-refractivity contribution in [3.63, 3.8) is 0 Å². The molecule has 0 saturated carbocycles. The van der Waals surface area contributed by atoms with Gasteiger partial charge in [-0.1, -0.05) is 25.4 Å². The minimum Gasteiger partial charge on any atom is -0.323 e. The first-order chi connectivity index (χ1) is 6.09. The van der Waals surface area contributed by atoms with Gasteiger partial charge in [0.25, 0.3) is 0 Å². The molecule has 0 bridgehead atoms. The summed E-state index contributed by atoms with van der Waals surface area (Å²) in [5.41, 5.74) is 5.99. The largest absolute Gasteiger partial charge is 0.323 e. The van der Waals surface area contributed by atoms with E-state index in [1.807, 2.05) is 23.9 Å². The zero-order chi connectivity index (χ0) is 9.84. The predicted molar refractivity (Wildman–Crippen MR) is 63.9 cm³/mol. The van der Waals surface area contributed by atoms with E-state index in [4.69, 9.17) is 17.3 Å². The maximum atomic E-state index is 5.99. The van der Waals surface area contributed by atoms with Crippen LogP contribution in [0, 0.1) is 0 Å². The van der Waals surface area contributed by atoms with E-state index in [0.717, 1.165) is 10.1 Å². The second-order valence-corrected chi connectivity index (χ2v) is 6.49. The molecule has 0 fully saturated rings. The monoisotopic (exact) mass is 235 g/mol. The van der Waals surface area contributed by atoms with Crippen molar-refractivity contribution in [2.24, 2.45) is 5.73 Å². The third kappa shape index (κ3) is 3.90. The Kier molecular flexibility index (Phi) is 4.59. The molecule has 2 N–H and O–H groups in total. The molecule has 1 unspecified atom stereocenters. The lowest BCUT2D eigenvalue weighted by Gasteiger charge is -2.10. The molecular weight excluding hydrogens is 222 g/mol. The summed E-state index contributed by atoms with van der Waals surface area (Å²) in [6.45, 7) is 4.36. The first-order valence-corrected chi connectivity index (χ1v) is 6.46. The van der Waals surface area contributed by atoms with E-state index in [9.17, 15) is 0 Å². The van der Waals surface area contributed by atoms with E-state index < -0.39 is 0 Å². The molecule has 1 aromatic rings. The molecule has 74 valence electrons. The highest BCUT2D eigenvalue weighted by Crippen LogP contribution is 2.28. The van der Waals surface area contributed by atoms with Crippen molar-refractivity contribution in [3.05, 3.63) is 21.3 Å². The molecule has 4 heteroatoms. The molecule has 0 radical (unpaired) electrons. The van der Waals surface area contributed by atoms with Crippen molar-refractivity contribution >= 4 is 34.7 Å². The fourth-order valence-electron chi connectivity index (χ4n) is 0.906. The Bertz CT molecular complexity index is 260.